The first kappa shape index (κ1) is 15.9. The highest BCUT2D eigenvalue weighted by molar-refractivity contribution is 5.94. The minimum Gasteiger partial charge on any atom is -0.497 e. The highest BCUT2D eigenvalue weighted by Gasteiger charge is 2.12. The fraction of sp³-hybridized carbons (Fsp3) is 0.278. The highest BCUT2D eigenvalue weighted by Crippen LogP contribution is 2.16. The van der Waals surface area contributed by atoms with E-state index in [1.807, 2.05) is 33.3 Å². The Balaban J connectivity index is 2.03. The monoisotopic (exact) mass is 298 g/mol. The normalized spacial score (nSPS) is 10.2. The molecular formula is C18H22N2O2. The SMILES string of the molecule is COc1ccc(C(=O)N(C)Cc2ccc(N(C)C)cc2)cc1. The Bertz CT molecular complexity index is 619. The second kappa shape index (κ2) is 6.98. The molecule has 2 rings (SSSR count). The summed E-state index contributed by atoms with van der Waals surface area (Å²) in [7, 11) is 7.44. The van der Waals surface area contributed by atoms with Crippen LogP contribution in [-0.4, -0.2) is 39.1 Å². The number of amides is 1. The van der Waals surface area contributed by atoms with Crippen molar-refractivity contribution in [1.29, 1.82) is 0 Å². The number of benzene rings is 2. The summed E-state index contributed by atoms with van der Waals surface area (Å²) in [6, 6.07) is 15.4. The molecule has 0 aromatic heterocycles. The van der Waals surface area contributed by atoms with E-state index in [-0.39, 0.29) is 5.91 Å². The van der Waals surface area contributed by atoms with Gasteiger partial charge < -0.3 is 14.5 Å². The van der Waals surface area contributed by atoms with Crippen LogP contribution in [0.25, 0.3) is 0 Å². The van der Waals surface area contributed by atoms with Crippen molar-refractivity contribution in [2.75, 3.05) is 33.2 Å². The van der Waals surface area contributed by atoms with Crippen LogP contribution in [-0.2, 0) is 6.54 Å². The van der Waals surface area contributed by atoms with Gasteiger partial charge in [0, 0.05) is 38.9 Å². The van der Waals surface area contributed by atoms with Crippen LogP contribution in [0.15, 0.2) is 48.5 Å². The molecule has 0 aliphatic heterocycles. The van der Waals surface area contributed by atoms with Crippen LogP contribution in [0, 0.1) is 0 Å². The molecule has 0 radical (unpaired) electrons. The van der Waals surface area contributed by atoms with E-state index in [0.29, 0.717) is 12.1 Å². The molecule has 0 aliphatic carbocycles. The minimum absolute atomic E-state index is 0.000612. The van der Waals surface area contributed by atoms with E-state index < -0.39 is 0 Å². The largest absolute Gasteiger partial charge is 0.497 e. The molecule has 4 nitrogen and oxygen atoms in total. The number of hydrogen-bond donors (Lipinski definition) is 0. The molecule has 0 saturated heterocycles. The molecule has 0 atom stereocenters. The Hall–Kier alpha value is -2.49. The predicted octanol–water partition coefficient (Wildman–Crippen LogP) is 3.03. The van der Waals surface area contributed by atoms with Crippen LogP contribution in [0.1, 0.15) is 15.9 Å². The van der Waals surface area contributed by atoms with Gasteiger partial charge in [-0.25, -0.2) is 0 Å². The standard InChI is InChI=1S/C18H22N2O2/c1-19(2)16-9-5-14(6-10-16)13-20(3)18(21)15-7-11-17(22-4)12-8-15/h5-12H,13H2,1-4H3. The molecule has 0 aliphatic rings. The molecule has 0 fully saturated rings. The maximum absolute atomic E-state index is 12.4. The zero-order chi connectivity index (χ0) is 16.1. The van der Waals surface area contributed by atoms with Gasteiger partial charge in [0.25, 0.3) is 5.91 Å². The Morgan fingerprint density at radius 2 is 1.55 bits per heavy atom. The number of methoxy groups -OCH3 is 1. The lowest BCUT2D eigenvalue weighted by Crippen LogP contribution is -2.26. The van der Waals surface area contributed by atoms with E-state index in [4.69, 9.17) is 4.74 Å². The number of carbonyl (C=O) groups is 1. The highest BCUT2D eigenvalue weighted by atomic mass is 16.5. The lowest BCUT2D eigenvalue weighted by atomic mass is 10.1. The van der Waals surface area contributed by atoms with Gasteiger partial charge in [0.05, 0.1) is 7.11 Å². The predicted molar refractivity (Wildman–Crippen MR) is 89.6 cm³/mol. The average Bonchev–Trinajstić information content (AvgIpc) is 2.54. The zero-order valence-corrected chi connectivity index (χ0v) is 13.5. The van der Waals surface area contributed by atoms with E-state index in [1.54, 1.807) is 36.3 Å². The van der Waals surface area contributed by atoms with Gasteiger partial charge >= 0.3 is 0 Å². The van der Waals surface area contributed by atoms with E-state index >= 15 is 0 Å². The molecule has 0 spiro atoms. The van der Waals surface area contributed by atoms with Gasteiger partial charge in [-0.2, -0.15) is 0 Å². The van der Waals surface area contributed by atoms with Crippen molar-refractivity contribution < 1.29 is 9.53 Å². The van der Waals surface area contributed by atoms with Crippen molar-refractivity contribution in [3.05, 3.63) is 59.7 Å². The summed E-state index contributed by atoms with van der Waals surface area (Å²) in [6.45, 7) is 0.582. The lowest BCUT2D eigenvalue weighted by Gasteiger charge is -2.18. The first-order valence-electron chi connectivity index (χ1n) is 7.17. The molecule has 22 heavy (non-hydrogen) atoms. The Labute approximate surface area is 131 Å². The first-order valence-corrected chi connectivity index (χ1v) is 7.17. The van der Waals surface area contributed by atoms with Crippen molar-refractivity contribution >= 4 is 11.6 Å². The number of anilines is 1. The van der Waals surface area contributed by atoms with Crippen molar-refractivity contribution in [1.82, 2.24) is 4.90 Å². The van der Waals surface area contributed by atoms with Crippen molar-refractivity contribution in [3.63, 3.8) is 0 Å². The molecule has 116 valence electrons. The summed E-state index contributed by atoms with van der Waals surface area (Å²) in [5.41, 5.74) is 2.91. The van der Waals surface area contributed by atoms with Crippen molar-refractivity contribution in [2.45, 2.75) is 6.54 Å². The Kier molecular flexibility index (Phi) is 5.04. The molecule has 0 saturated carbocycles. The van der Waals surface area contributed by atoms with E-state index in [9.17, 15) is 4.79 Å². The van der Waals surface area contributed by atoms with Crippen LogP contribution in [0.5, 0.6) is 5.75 Å². The van der Waals surface area contributed by atoms with Gasteiger partial charge in [0.2, 0.25) is 0 Å². The molecule has 0 heterocycles. The Morgan fingerprint density at radius 1 is 0.955 bits per heavy atom. The van der Waals surface area contributed by atoms with E-state index in [1.165, 1.54) is 0 Å². The van der Waals surface area contributed by atoms with Gasteiger partial charge in [-0.1, -0.05) is 12.1 Å². The van der Waals surface area contributed by atoms with Gasteiger partial charge in [0.15, 0.2) is 0 Å². The quantitative estimate of drug-likeness (QED) is 0.850. The Morgan fingerprint density at radius 3 is 2.05 bits per heavy atom. The number of rotatable bonds is 5. The van der Waals surface area contributed by atoms with Crippen LogP contribution >= 0.6 is 0 Å². The number of hydrogen-bond acceptors (Lipinski definition) is 3. The summed E-state index contributed by atoms with van der Waals surface area (Å²) < 4.78 is 5.11. The molecule has 0 bridgehead atoms. The topological polar surface area (TPSA) is 32.8 Å². The fourth-order valence-electron chi connectivity index (χ4n) is 2.20. The first-order chi connectivity index (χ1) is 10.5. The molecule has 4 heteroatoms. The van der Waals surface area contributed by atoms with Gasteiger partial charge in [-0.3, -0.25) is 4.79 Å². The van der Waals surface area contributed by atoms with Crippen LogP contribution < -0.4 is 9.64 Å². The molecule has 2 aromatic rings. The fourth-order valence-corrected chi connectivity index (χ4v) is 2.20. The third-order valence-corrected chi connectivity index (χ3v) is 3.56. The maximum atomic E-state index is 12.4. The maximum Gasteiger partial charge on any atom is 0.253 e. The number of ether oxygens (including phenoxy) is 1. The van der Waals surface area contributed by atoms with E-state index in [0.717, 1.165) is 17.0 Å². The second-order valence-electron chi connectivity index (χ2n) is 5.45. The molecule has 1 amide bonds. The van der Waals surface area contributed by atoms with Crippen molar-refractivity contribution in [3.8, 4) is 5.75 Å². The molecule has 0 unspecified atom stereocenters. The second-order valence-corrected chi connectivity index (χ2v) is 5.45. The zero-order valence-electron chi connectivity index (χ0n) is 13.5. The van der Waals surface area contributed by atoms with Crippen molar-refractivity contribution in [2.24, 2.45) is 0 Å². The van der Waals surface area contributed by atoms with Crippen LogP contribution in [0.2, 0.25) is 0 Å². The number of carbonyl (C=O) groups excluding carboxylic acids is 1. The van der Waals surface area contributed by atoms with E-state index in [2.05, 4.69) is 17.0 Å². The summed E-state index contributed by atoms with van der Waals surface area (Å²) in [4.78, 5) is 16.2. The summed E-state index contributed by atoms with van der Waals surface area (Å²) in [5, 5.41) is 0. The van der Waals surface area contributed by atoms with Gasteiger partial charge in [-0.05, 0) is 42.0 Å². The molecule has 2 aromatic carbocycles. The summed E-state index contributed by atoms with van der Waals surface area (Å²) >= 11 is 0. The van der Waals surface area contributed by atoms with Gasteiger partial charge in [0.1, 0.15) is 5.75 Å². The smallest absolute Gasteiger partial charge is 0.253 e. The minimum atomic E-state index is -0.000612. The summed E-state index contributed by atoms with van der Waals surface area (Å²) in [6.07, 6.45) is 0. The average molecular weight is 298 g/mol. The number of nitrogens with zero attached hydrogens (tertiary/aromatic N) is 2. The molecular weight excluding hydrogens is 276 g/mol. The lowest BCUT2D eigenvalue weighted by molar-refractivity contribution is 0.0785. The summed E-state index contributed by atoms with van der Waals surface area (Å²) in [5.74, 6) is 0.748. The molecule has 0 N–H and O–H groups in total. The third-order valence-electron chi connectivity index (χ3n) is 3.56. The van der Waals surface area contributed by atoms with Crippen LogP contribution in [0.4, 0.5) is 5.69 Å². The van der Waals surface area contributed by atoms with Crippen LogP contribution in [0.3, 0.4) is 0 Å². The third kappa shape index (κ3) is 3.79. The van der Waals surface area contributed by atoms with Gasteiger partial charge in [-0.15, -0.1) is 0 Å².